The maximum Gasteiger partial charge on any atom is 0.267 e. The number of aryl methyl sites for hydroxylation is 1. The smallest absolute Gasteiger partial charge is 0.267 e. The lowest BCUT2D eigenvalue weighted by Gasteiger charge is -2.36. The zero-order valence-electron chi connectivity index (χ0n) is 17.3. The van der Waals surface area contributed by atoms with Crippen molar-refractivity contribution in [1.82, 2.24) is 9.88 Å². The Morgan fingerprint density at radius 2 is 1.90 bits per heavy atom. The van der Waals surface area contributed by atoms with Gasteiger partial charge in [-0.1, -0.05) is 12.1 Å². The highest BCUT2D eigenvalue weighted by Gasteiger charge is 2.33. The molecule has 1 N–H and O–H groups in total. The van der Waals surface area contributed by atoms with Crippen molar-refractivity contribution in [2.45, 2.75) is 31.9 Å². The number of halogens is 1. The molecule has 1 aromatic heterocycles. The molecule has 6 nitrogen and oxygen atoms in total. The number of anilines is 1. The van der Waals surface area contributed by atoms with Gasteiger partial charge in [-0.3, -0.25) is 9.78 Å². The Morgan fingerprint density at radius 3 is 2.71 bits per heavy atom. The number of hydrogen-bond donors (Lipinski definition) is 1. The van der Waals surface area contributed by atoms with Crippen LogP contribution in [-0.2, 0) is 4.79 Å². The molecule has 2 aromatic carbocycles. The topological polar surface area (TPSA) is 63.7 Å². The zero-order chi connectivity index (χ0) is 21.4. The average Bonchev–Trinajstić information content (AvgIpc) is 2.79. The second-order valence-corrected chi connectivity index (χ2v) is 8.08. The fraction of sp³-hybridized carbons (Fsp3) is 0.333. The molecular formula is C24H24FN3O3. The maximum absolute atomic E-state index is 13.8. The lowest BCUT2D eigenvalue weighted by atomic mass is 10.0. The first-order valence-electron chi connectivity index (χ1n) is 10.6. The number of carbonyl (C=O) groups is 1. The summed E-state index contributed by atoms with van der Waals surface area (Å²) < 4.78 is 25.3. The molecule has 0 bridgehead atoms. The minimum atomic E-state index is -0.617. The van der Waals surface area contributed by atoms with Crippen LogP contribution >= 0.6 is 0 Å². The van der Waals surface area contributed by atoms with Crippen LogP contribution in [0.4, 0.5) is 10.1 Å². The molecular weight excluding hydrogens is 397 g/mol. The zero-order valence-corrected chi connectivity index (χ0v) is 17.3. The molecule has 0 spiro atoms. The summed E-state index contributed by atoms with van der Waals surface area (Å²) in [5.74, 6) is 0.958. The van der Waals surface area contributed by atoms with Crippen LogP contribution in [0.1, 0.15) is 18.5 Å². The Morgan fingerprint density at radius 1 is 1.13 bits per heavy atom. The average molecular weight is 421 g/mol. The number of hydrogen-bond acceptors (Lipinski definition) is 5. The van der Waals surface area contributed by atoms with Crippen LogP contribution in [0.25, 0.3) is 10.9 Å². The molecule has 1 saturated heterocycles. The molecule has 3 aromatic rings. The number of rotatable bonds is 3. The Kier molecular flexibility index (Phi) is 5.10. The van der Waals surface area contributed by atoms with Crippen molar-refractivity contribution in [3.8, 4) is 11.5 Å². The third kappa shape index (κ3) is 4.00. The number of fused-ring (bicyclic) bond motifs is 2. The summed E-state index contributed by atoms with van der Waals surface area (Å²) in [6, 6.07) is 14.2. The number of amides is 1. The summed E-state index contributed by atoms with van der Waals surface area (Å²) in [7, 11) is 0. The van der Waals surface area contributed by atoms with E-state index in [4.69, 9.17) is 9.47 Å². The van der Waals surface area contributed by atoms with E-state index < -0.39 is 6.10 Å². The molecule has 160 valence electrons. The van der Waals surface area contributed by atoms with E-state index in [1.165, 1.54) is 12.1 Å². The second-order valence-electron chi connectivity index (χ2n) is 8.08. The molecule has 3 heterocycles. The number of para-hydroxylation sites is 2. The van der Waals surface area contributed by atoms with Crippen molar-refractivity contribution < 1.29 is 18.7 Å². The number of nitrogens with zero attached hydrogens (tertiary/aromatic N) is 2. The maximum atomic E-state index is 13.8. The molecule has 5 rings (SSSR count). The number of aromatic nitrogens is 1. The first-order chi connectivity index (χ1) is 15.1. The number of ether oxygens (including phenoxy) is 2. The lowest BCUT2D eigenvalue weighted by molar-refractivity contribution is -0.142. The predicted molar refractivity (Wildman–Crippen MR) is 116 cm³/mol. The molecule has 0 saturated carbocycles. The summed E-state index contributed by atoms with van der Waals surface area (Å²) in [5.41, 5.74) is 2.53. The van der Waals surface area contributed by atoms with Gasteiger partial charge in [-0.25, -0.2) is 4.39 Å². The van der Waals surface area contributed by atoms with Gasteiger partial charge < -0.3 is 19.7 Å². The molecule has 1 unspecified atom stereocenters. The summed E-state index contributed by atoms with van der Waals surface area (Å²) in [4.78, 5) is 19.3. The van der Waals surface area contributed by atoms with Gasteiger partial charge in [0.2, 0.25) is 6.10 Å². The number of likely N-dealkylation sites (tertiary alicyclic amines) is 1. The quantitative estimate of drug-likeness (QED) is 0.694. The first-order valence-corrected chi connectivity index (χ1v) is 10.6. The Balaban J connectivity index is 1.23. The summed E-state index contributed by atoms with van der Waals surface area (Å²) in [5, 5.41) is 4.32. The third-order valence-corrected chi connectivity index (χ3v) is 5.85. The first kappa shape index (κ1) is 19.6. The highest BCUT2D eigenvalue weighted by Crippen LogP contribution is 2.32. The van der Waals surface area contributed by atoms with Crippen LogP contribution in [0.2, 0.25) is 0 Å². The van der Waals surface area contributed by atoms with Crippen LogP contribution in [0.5, 0.6) is 11.5 Å². The van der Waals surface area contributed by atoms with Crippen molar-refractivity contribution in [1.29, 1.82) is 0 Å². The van der Waals surface area contributed by atoms with Gasteiger partial charge in [0.25, 0.3) is 5.91 Å². The van der Waals surface area contributed by atoms with E-state index in [1.807, 2.05) is 42.2 Å². The molecule has 7 heteroatoms. The highest BCUT2D eigenvalue weighted by molar-refractivity contribution is 5.91. The Hall–Kier alpha value is -3.35. The van der Waals surface area contributed by atoms with Crippen LogP contribution in [0.3, 0.4) is 0 Å². The molecule has 2 aliphatic heterocycles. The van der Waals surface area contributed by atoms with Gasteiger partial charge in [-0.05, 0) is 56.2 Å². The Labute approximate surface area is 180 Å². The van der Waals surface area contributed by atoms with Crippen molar-refractivity contribution >= 4 is 22.5 Å². The third-order valence-electron chi connectivity index (χ3n) is 5.85. The molecule has 31 heavy (non-hydrogen) atoms. The molecule has 0 aliphatic carbocycles. The van der Waals surface area contributed by atoms with Gasteiger partial charge in [-0.2, -0.15) is 0 Å². The van der Waals surface area contributed by atoms with E-state index in [-0.39, 0.29) is 24.4 Å². The predicted octanol–water partition coefficient (Wildman–Crippen LogP) is 3.93. The summed E-state index contributed by atoms with van der Waals surface area (Å²) in [6.07, 6.45) is 0.983. The second kappa shape index (κ2) is 8.06. The van der Waals surface area contributed by atoms with E-state index in [9.17, 15) is 9.18 Å². The van der Waals surface area contributed by atoms with Crippen LogP contribution in [0, 0.1) is 12.7 Å². The standard InChI is InChI=1S/C24H24FN3O3/c1-15-12-20(18-13-16(25)6-7-19(18)26-15)27-17-8-10-28(11-9-17)24(29)23-14-30-21-4-2-3-5-22(21)31-23/h2-7,12-13,17,23H,8-11,14H2,1H3,(H,26,27). The van der Waals surface area contributed by atoms with Gasteiger partial charge >= 0.3 is 0 Å². The number of pyridine rings is 1. The minimum Gasteiger partial charge on any atom is -0.485 e. The van der Waals surface area contributed by atoms with Crippen molar-refractivity contribution in [2.75, 3.05) is 25.0 Å². The van der Waals surface area contributed by atoms with Gasteiger partial charge in [0.05, 0.1) is 5.52 Å². The molecule has 1 atom stereocenters. The van der Waals surface area contributed by atoms with Crippen molar-refractivity contribution in [3.63, 3.8) is 0 Å². The molecule has 1 fully saturated rings. The van der Waals surface area contributed by atoms with E-state index in [2.05, 4.69) is 10.3 Å². The fourth-order valence-corrected chi connectivity index (χ4v) is 4.26. The van der Waals surface area contributed by atoms with Gasteiger partial charge in [-0.15, -0.1) is 0 Å². The monoisotopic (exact) mass is 421 g/mol. The summed E-state index contributed by atoms with van der Waals surface area (Å²) in [6.45, 7) is 3.42. The highest BCUT2D eigenvalue weighted by atomic mass is 19.1. The van der Waals surface area contributed by atoms with Gasteiger partial charge in [0, 0.05) is 35.9 Å². The molecule has 1 amide bonds. The molecule has 0 radical (unpaired) electrons. The number of piperidine rings is 1. The van der Waals surface area contributed by atoms with Crippen LogP contribution in [0.15, 0.2) is 48.5 Å². The Bertz CT molecular complexity index is 1130. The number of benzene rings is 2. The van der Waals surface area contributed by atoms with Crippen molar-refractivity contribution in [2.24, 2.45) is 0 Å². The molecule has 2 aliphatic rings. The SMILES string of the molecule is Cc1cc(NC2CCN(C(=O)C3COc4ccccc4O3)CC2)c2cc(F)ccc2n1. The van der Waals surface area contributed by atoms with Gasteiger partial charge in [0.15, 0.2) is 11.5 Å². The fourth-order valence-electron chi connectivity index (χ4n) is 4.26. The van der Waals surface area contributed by atoms with E-state index in [0.717, 1.165) is 35.1 Å². The minimum absolute atomic E-state index is 0.0415. The number of nitrogens with one attached hydrogen (secondary N) is 1. The number of carbonyl (C=O) groups excluding carboxylic acids is 1. The van der Waals surface area contributed by atoms with Crippen LogP contribution < -0.4 is 14.8 Å². The van der Waals surface area contributed by atoms with Gasteiger partial charge in [0.1, 0.15) is 12.4 Å². The normalized spacial score (nSPS) is 18.8. The van der Waals surface area contributed by atoms with E-state index >= 15 is 0 Å². The van der Waals surface area contributed by atoms with Crippen molar-refractivity contribution in [3.05, 3.63) is 60.0 Å². The van der Waals surface area contributed by atoms with E-state index in [1.54, 1.807) is 6.07 Å². The van der Waals surface area contributed by atoms with E-state index in [0.29, 0.717) is 24.6 Å². The largest absolute Gasteiger partial charge is 0.485 e. The lowest BCUT2D eigenvalue weighted by Crippen LogP contribution is -2.50. The van der Waals surface area contributed by atoms with Crippen LogP contribution in [-0.4, -0.2) is 47.6 Å². The summed E-state index contributed by atoms with van der Waals surface area (Å²) >= 11 is 0.